The number of nitrogens with one attached hydrogen (secondary N) is 2. The number of fused-ring (bicyclic) bond motifs is 1. The number of hydrogen-bond acceptors (Lipinski definition) is 9. The smallest absolute Gasteiger partial charge is 0.321 e. The van der Waals surface area contributed by atoms with Crippen molar-refractivity contribution in [1.82, 2.24) is 19.9 Å². The number of carbonyl (C=O) groups is 3. The Hall–Kier alpha value is -4.75. The average Bonchev–Trinajstić information content (AvgIpc) is 3.69. The summed E-state index contributed by atoms with van der Waals surface area (Å²) in [5.41, 5.74) is 2.94. The van der Waals surface area contributed by atoms with E-state index in [4.69, 9.17) is 9.26 Å². The lowest BCUT2D eigenvalue weighted by atomic mass is 9.99. The van der Waals surface area contributed by atoms with Crippen LogP contribution in [-0.2, 0) is 0 Å². The molecular weight excluding hydrogens is 596 g/mol. The van der Waals surface area contributed by atoms with Gasteiger partial charge in [-0.05, 0) is 45.0 Å². The van der Waals surface area contributed by atoms with Gasteiger partial charge in [0.25, 0.3) is 11.8 Å². The van der Waals surface area contributed by atoms with Gasteiger partial charge in [-0.2, -0.15) is 0 Å². The quantitative estimate of drug-likeness (QED) is 0.244. The third kappa shape index (κ3) is 6.84. The maximum absolute atomic E-state index is 13.8. The number of aliphatic hydroxyl groups excluding tert-OH is 1. The Labute approximate surface area is 265 Å². The highest BCUT2D eigenvalue weighted by molar-refractivity contribution is 7.13. The fraction of sp³-hybridized carbons (Fsp3) is 0.344. The molecule has 3 atom stereocenters. The van der Waals surface area contributed by atoms with Crippen LogP contribution in [0, 0.1) is 19.8 Å². The van der Waals surface area contributed by atoms with E-state index in [1.165, 1.54) is 16.2 Å². The van der Waals surface area contributed by atoms with E-state index < -0.39 is 12.1 Å². The van der Waals surface area contributed by atoms with Crippen molar-refractivity contribution < 1.29 is 28.8 Å². The lowest BCUT2D eigenvalue weighted by Crippen LogP contribution is -2.50. The van der Waals surface area contributed by atoms with Gasteiger partial charge >= 0.3 is 6.03 Å². The highest BCUT2D eigenvalue weighted by Crippen LogP contribution is 2.35. The van der Waals surface area contributed by atoms with Crippen molar-refractivity contribution in [3.8, 4) is 16.3 Å². The second-order valence-electron chi connectivity index (χ2n) is 11.2. The van der Waals surface area contributed by atoms with Gasteiger partial charge in [-0.25, -0.2) is 9.78 Å². The fourth-order valence-corrected chi connectivity index (χ4v) is 5.75. The monoisotopic (exact) mass is 632 g/mol. The van der Waals surface area contributed by atoms with Gasteiger partial charge in [0.1, 0.15) is 22.5 Å². The minimum atomic E-state index is -0.582. The largest absolute Gasteiger partial charge is 0.485 e. The molecular formula is C32H36N6O6S. The highest BCUT2D eigenvalue weighted by atomic mass is 32.1. The number of urea groups is 1. The van der Waals surface area contributed by atoms with E-state index >= 15 is 0 Å². The van der Waals surface area contributed by atoms with Crippen LogP contribution in [0.15, 0.2) is 58.6 Å². The molecule has 0 bridgehead atoms. The highest BCUT2D eigenvalue weighted by Gasteiger charge is 2.35. The third-order valence-corrected chi connectivity index (χ3v) is 8.65. The van der Waals surface area contributed by atoms with Crippen molar-refractivity contribution in [2.45, 2.75) is 39.8 Å². The topological polar surface area (TPSA) is 150 Å². The first-order chi connectivity index (χ1) is 21.6. The van der Waals surface area contributed by atoms with Gasteiger partial charge < -0.3 is 34.8 Å². The molecule has 4 aromatic rings. The Balaban J connectivity index is 1.43. The average molecular weight is 633 g/mol. The van der Waals surface area contributed by atoms with E-state index in [1.807, 2.05) is 24.4 Å². The van der Waals surface area contributed by atoms with Gasteiger partial charge in [0.2, 0.25) is 0 Å². The summed E-state index contributed by atoms with van der Waals surface area (Å²) in [6.07, 6.45) is 1.14. The number of benzene rings is 2. The summed E-state index contributed by atoms with van der Waals surface area (Å²) in [6.45, 7) is 7.36. The normalized spacial score (nSPS) is 17.0. The molecule has 0 radical (unpaired) electrons. The van der Waals surface area contributed by atoms with Gasteiger partial charge in [0.15, 0.2) is 11.5 Å². The Morgan fingerprint density at radius 2 is 1.93 bits per heavy atom. The Bertz CT molecular complexity index is 1650. The lowest BCUT2D eigenvalue weighted by Gasteiger charge is -2.38. The number of ether oxygens (including phenoxy) is 1. The zero-order valence-corrected chi connectivity index (χ0v) is 26.6. The van der Waals surface area contributed by atoms with Crippen molar-refractivity contribution >= 4 is 40.6 Å². The van der Waals surface area contributed by atoms with Crippen molar-refractivity contribution in [2.75, 3.05) is 37.4 Å². The number of nitrogens with zero attached hydrogens (tertiary/aromatic N) is 4. The molecule has 13 heteroatoms. The van der Waals surface area contributed by atoms with Gasteiger partial charge in [0, 0.05) is 42.2 Å². The molecule has 3 N–H and O–H groups in total. The van der Waals surface area contributed by atoms with E-state index in [1.54, 1.807) is 69.2 Å². The van der Waals surface area contributed by atoms with Crippen LogP contribution < -0.4 is 15.4 Å². The molecule has 4 amide bonds. The molecule has 3 heterocycles. The number of hydrogen-bond donors (Lipinski definition) is 3. The SMILES string of the molecule is Cc1noc(C)c1NC(=O)N(C)C[C@H]1Oc2c(NC(=O)c3ccc(-c4nccs4)cc3)cccc2C(=O)N([C@H](C)CO)C[C@@H]1C. The van der Waals surface area contributed by atoms with E-state index in [2.05, 4.69) is 20.8 Å². The molecule has 0 fully saturated rings. The number of rotatable bonds is 8. The predicted molar refractivity (Wildman–Crippen MR) is 171 cm³/mol. The maximum Gasteiger partial charge on any atom is 0.321 e. The fourth-order valence-electron chi connectivity index (χ4n) is 5.10. The van der Waals surface area contributed by atoms with E-state index in [9.17, 15) is 19.5 Å². The molecule has 5 rings (SSSR count). The van der Waals surface area contributed by atoms with Crippen molar-refractivity contribution in [1.29, 1.82) is 0 Å². The van der Waals surface area contributed by atoms with Crippen molar-refractivity contribution in [3.05, 3.63) is 76.6 Å². The minimum Gasteiger partial charge on any atom is -0.485 e. The zero-order chi connectivity index (χ0) is 32.2. The van der Waals surface area contributed by atoms with E-state index in [-0.39, 0.29) is 54.8 Å². The Kier molecular flexibility index (Phi) is 9.49. The van der Waals surface area contributed by atoms with Crippen LogP contribution in [0.1, 0.15) is 46.0 Å². The van der Waals surface area contributed by atoms with Crippen LogP contribution in [0.3, 0.4) is 0 Å². The van der Waals surface area contributed by atoms with Crippen LogP contribution in [0.25, 0.3) is 10.6 Å². The van der Waals surface area contributed by atoms with Gasteiger partial charge in [-0.15, -0.1) is 11.3 Å². The van der Waals surface area contributed by atoms with Crippen molar-refractivity contribution in [3.63, 3.8) is 0 Å². The molecule has 236 valence electrons. The van der Waals surface area contributed by atoms with Crippen LogP contribution in [0.4, 0.5) is 16.2 Å². The summed E-state index contributed by atoms with van der Waals surface area (Å²) in [4.78, 5) is 47.8. The van der Waals surface area contributed by atoms with Crippen LogP contribution in [0.2, 0.25) is 0 Å². The number of aliphatic hydroxyl groups is 1. The molecule has 0 unspecified atom stereocenters. The van der Waals surface area contributed by atoms with E-state index in [0.717, 1.165) is 10.6 Å². The number of aromatic nitrogens is 2. The minimum absolute atomic E-state index is 0.159. The number of aryl methyl sites for hydroxylation is 2. The number of anilines is 2. The van der Waals surface area contributed by atoms with Gasteiger partial charge in [0.05, 0.1) is 30.4 Å². The summed E-state index contributed by atoms with van der Waals surface area (Å²) >= 11 is 1.51. The first-order valence-electron chi connectivity index (χ1n) is 14.5. The molecule has 0 aliphatic carbocycles. The number of likely N-dealkylation sites (N-methyl/N-ethyl adjacent to an activating group) is 1. The van der Waals surface area contributed by atoms with Gasteiger partial charge in [-0.1, -0.05) is 30.3 Å². The Morgan fingerprint density at radius 3 is 2.58 bits per heavy atom. The molecule has 1 aliphatic rings. The molecule has 0 saturated heterocycles. The molecule has 2 aromatic carbocycles. The lowest BCUT2D eigenvalue weighted by molar-refractivity contribution is 0.0372. The molecule has 0 spiro atoms. The standard InChI is InChI=1S/C32H36N6O6S/c1-18-15-38(19(2)17-39)31(41)24-7-6-8-25(34-29(40)22-9-11-23(12-10-22)30-33-13-14-45-30)28(24)43-26(18)16-37(5)32(42)35-27-20(3)36-44-21(27)4/h6-14,18-19,26,39H,15-17H2,1-5H3,(H,34,40)(H,35,42)/t18-,19+,26+/m0/s1. The first kappa shape index (κ1) is 31.7. The van der Waals surface area contributed by atoms with Crippen LogP contribution in [0.5, 0.6) is 5.75 Å². The van der Waals surface area contributed by atoms with E-state index in [0.29, 0.717) is 28.4 Å². The summed E-state index contributed by atoms with van der Waals surface area (Å²) < 4.78 is 11.7. The molecule has 1 aliphatic heterocycles. The molecule has 2 aromatic heterocycles. The summed E-state index contributed by atoms with van der Waals surface area (Å²) in [7, 11) is 1.64. The summed E-state index contributed by atoms with van der Waals surface area (Å²) in [6, 6.07) is 11.2. The van der Waals surface area contributed by atoms with Crippen molar-refractivity contribution in [2.24, 2.45) is 5.92 Å². The third-order valence-electron chi connectivity index (χ3n) is 7.83. The molecule has 0 saturated carbocycles. The zero-order valence-electron chi connectivity index (χ0n) is 25.7. The molecule has 12 nitrogen and oxygen atoms in total. The maximum atomic E-state index is 13.8. The number of thiazole rings is 1. The van der Waals surface area contributed by atoms with Gasteiger partial charge in [-0.3, -0.25) is 9.59 Å². The second-order valence-corrected chi connectivity index (χ2v) is 12.1. The van der Waals surface area contributed by atoms with Crippen LogP contribution in [-0.4, -0.2) is 81.8 Å². The first-order valence-corrected chi connectivity index (χ1v) is 15.4. The second kappa shape index (κ2) is 13.5. The summed E-state index contributed by atoms with van der Waals surface area (Å²) in [5.74, 6) is -0.281. The number of amides is 4. The number of para-hydroxylation sites is 1. The number of carbonyl (C=O) groups excluding carboxylic acids is 3. The Morgan fingerprint density at radius 1 is 1.18 bits per heavy atom. The van der Waals surface area contributed by atoms with Crippen LogP contribution >= 0.6 is 11.3 Å². The summed E-state index contributed by atoms with van der Waals surface area (Å²) in [5, 5.41) is 22.4. The predicted octanol–water partition coefficient (Wildman–Crippen LogP) is 5.05. The molecule has 45 heavy (non-hydrogen) atoms.